The standard InChI is InChI=1S/C21H19N5O2S2/c1-14-7-9-15(10-8-14)16-11-29-20(23-16)24-19(27)12-30-21-25-22-13-26(21)17-5-3-4-6-18(17)28-2/h3-11,13H,12H2,1-2H3,(H,23,24,27). The smallest absolute Gasteiger partial charge is 0.236 e. The van der Waals surface area contributed by atoms with Gasteiger partial charge in [0.05, 0.1) is 24.2 Å². The highest BCUT2D eigenvalue weighted by molar-refractivity contribution is 7.99. The minimum Gasteiger partial charge on any atom is -0.495 e. The van der Waals surface area contributed by atoms with Crippen molar-refractivity contribution in [3.8, 4) is 22.7 Å². The topological polar surface area (TPSA) is 81.9 Å². The van der Waals surface area contributed by atoms with Crippen molar-refractivity contribution in [1.29, 1.82) is 0 Å². The van der Waals surface area contributed by atoms with E-state index in [2.05, 4.69) is 20.5 Å². The number of aromatic nitrogens is 4. The molecule has 0 spiro atoms. The van der Waals surface area contributed by atoms with Gasteiger partial charge >= 0.3 is 0 Å². The largest absolute Gasteiger partial charge is 0.495 e. The van der Waals surface area contributed by atoms with Crippen LogP contribution in [0.2, 0.25) is 0 Å². The van der Waals surface area contributed by atoms with Crippen molar-refractivity contribution >= 4 is 34.1 Å². The average Bonchev–Trinajstić information content (AvgIpc) is 3.42. The third-order valence-electron chi connectivity index (χ3n) is 4.29. The molecular weight excluding hydrogens is 418 g/mol. The number of methoxy groups -OCH3 is 1. The van der Waals surface area contributed by atoms with Crippen LogP contribution in [0.3, 0.4) is 0 Å². The maximum atomic E-state index is 12.4. The number of amides is 1. The second kappa shape index (κ2) is 9.10. The van der Waals surface area contributed by atoms with Gasteiger partial charge in [0.2, 0.25) is 5.91 Å². The van der Waals surface area contributed by atoms with Crippen LogP contribution in [0.1, 0.15) is 5.56 Å². The lowest BCUT2D eigenvalue weighted by Gasteiger charge is -2.10. The van der Waals surface area contributed by atoms with E-state index in [0.717, 1.165) is 16.9 Å². The number of rotatable bonds is 7. The van der Waals surface area contributed by atoms with Crippen molar-refractivity contribution in [2.75, 3.05) is 18.2 Å². The van der Waals surface area contributed by atoms with Crippen molar-refractivity contribution in [2.45, 2.75) is 12.1 Å². The molecule has 0 saturated heterocycles. The minimum atomic E-state index is -0.153. The Morgan fingerprint density at radius 1 is 1.20 bits per heavy atom. The average molecular weight is 438 g/mol. The molecule has 4 aromatic rings. The quantitative estimate of drug-likeness (QED) is 0.431. The molecule has 4 rings (SSSR count). The maximum absolute atomic E-state index is 12.4. The number of nitrogens with zero attached hydrogens (tertiary/aromatic N) is 4. The van der Waals surface area contributed by atoms with Gasteiger partial charge in [-0.1, -0.05) is 53.7 Å². The van der Waals surface area contributed by atoms with Crippen molar-refractivity contribution in [3.05, 3.63) is 65.8 Å². The third kappa shape index (κ3) is 4.52. The summed E-state index contributed by atoms with van der Waals surface area (Å²) in [5.41, 5.74) is 3.88. The van der Waals surface area contributed by atoms with Crippen molar-refractivity contribution < 1.29 is 9.53 Å². The fraction of sp³-hybridized carbons (Fsp3) is 0.143. The number of hydrogen-bond donors (Lipinski definition) is 1. The first kappa shape index (κ1) is 20.1. The van der Waals surface area contributed by atoms with Crippen molar-refractivity contribution in [1.82, 2.24) is 19.7 Å². The Morgan fingerprint density at radius 2 is 2.00 bits per heavy atom. The summed E-state index contributed by atoms with van der Waals surface area (Å²) in [7, 11) is 1.61. The molecular formula is C21H19N5O2S2. The van der Waals surface area contributed by atoms with Crippen LogP contribution in [0, 0.1) is 6.92 Å². The molecule has 0 aliphatic heterocycles. The van der Waals surface area contributed by atoms with Crippen molar-refractivity contribution in [3.63, 3.8) is 0 Å². The Balaban J connectivity index is 1.40. The van der Waals surface area contributed by atoms with Crippen LogP contribution in [-0.2, 0) is 4.79 Å². The molecule has 0 unspecified atom stereocenters. The Kier molecular flexibility index (Phi) is 6.10. The summed E-state index contributed by atoms with van der Waals surface area (Å²) in [6.07, 6.45) is 1.60. The number of benzene rings is 2. The summed E-state index contributed by atoms with van der Waals surface area (Å²) in [5.74, 6) is 0.738. The maximum Gasteiger partial charge on any atom is 0.236 e. The van der Waals surface area contributed by atoms with E-state index < -0.39 is 0 Å². The van der Waals surface area contributed by atoms with Crippen LogP contribution in [0.5, 0.6) is 5.75 Å². The predicted molar refractivity (Wildman–Crippen MR) is 120 cm³/mol. The zero-order chi connectivity index (χ0) is 20.9. The van der Waals surface area contributed by atoms with Gasteiger partial charge in [0.25, 0.3) is 0 Å². The van der Waals surface area contributed by atoms with Gasteiger partial charge in [-0.3, -0.25) is 9.36 Å². The number of thiazole rings is 1. The van der Waals surface area contributed by atoms with Crippen LogP contribution in [0.25, 0.3) is 16.9 Å². The van der Waals surface area contributed by atoms with E-state index in [0.29, 0.717) is 16.0 Å². The molecule has 2 aromatic carbocycles. The second-order valence-electron chi connectivity index (χ2n) is 6.40. The summed E-state index contributed by atoms with van der Waals surface area (Å²) in [5, 5.41) is 14.1. The molecule has 0 atom stereocenters. The number of thioether (sulfide) groups is 1. The first-order valence-electron chi connectivity index (χ1n) is 9.12. The Bertz CT molecular complexity index is 1150. The number of hydrogen-bond acceptors (Lipinski definition) is 7. The number of ether oxygens (including phenoxy) is 1. The van der Waals surface area contributed by atoms with Gasteiger partial charge in [-0.2, -0.15) is 0 Å². The molecule has 0 aliphatic rings. The number of carbonyl (C=O) groups excluding carboxylic acids is 1. The SMILES string of the molecule is COc1ccccc1-n1cnnc1SCC(=O)Nc1nc(-c2ccc(C)cc2)cs1. The van der Waals surface area contributed by atoms with Gasteiger partial charge in [0.1, 0.15) is 12.1 Å². The molecule has 1 amide bonds. The molecule has 30 heavy (non-hydrogen) atoms. The zero-order valence-electron chi connectivity index (χ0n) is 16.4. The summed E-state index contributed by atoms with van der Waals surface area (Å²) in [4.78, 5) is 16.9. The summed E-state index contributed by atoms with van der Waals surface area (Å²) >= 11 is 2.70. The molecule has 2 aromatic heterocycles. The molecule has 152 valence electrons. The predicted octanol–water partition coefficient (Wildman–Crippen LogP) is 4.44. The van der Waals surface area contributed by atoms with Crippen LogP contribution < -0.4 is 10.1 Å². The molecule has 7 nitrogen and oxygen atoms in total. The van der Waals surface area contributed by atoms with Gasteiger partial charge in [-0.15, -0.1) is 21.5 Å². The first-order valence-corrected chi connectivity index (χ1v) is 11.0. The molecule has 0 saturated carbocycles. The molecule has 9 heteroatoms. The van der Waals surface area contributed by atoms with Gasteiger partial charge in [0.15, 0.2) is 10.3 Å². The molecule has 2 heterocycles. The van der Waals surface area contributed by atoms with E-state index in [1.165, 1.54) is 28.7 Å². The molecule has 0 bridgehead atoms. The lowest BCUT2D eigenvalue weighted by molar-refractivity contribution is -0.113. The van der Waals surface area contributed by atoms with Gasteiger partial charge < -0.3 is 10.1 Å². The summed E-state index contributed by atoms with van der Waals surface area (Å²) in [6, 6.07) is 15.7. The number of carbonyl (C=O) groups is 1. The highest BCUT2D eigenvalue weighted by Gasteiger charge is 2.14. The highest BCUT2D eigenvalue weighted by Crippen LogP contribution is 2.28. The summed E-state index contributed by atoms with van der Waals surface area (Å²) in [6.45, 7) is 2.04. The van der Waals surface area contributed by atoms with Crippen LogP contribution in [0.15, 0.2) is 65.4 Å². The molecule has 1 N–H and O–H groups in total. The number of nitrogens with one attached hydrogen (secondary N) is 1. The lowest BCUT2D eigenvalue weighted by Crippen LogP contribution is -2.14. The Hall–Kier alpha value is -3.17. The minimum absolute atomic E-state index is 0.153. The number of anilines is 1. The Morgan fingerprint density at radius 3 is 2.80 bits per heavy atom. The highest BCUT2D eigenvalue weighted by atomic mass is 32.2. The van der Waals surface area contributed by atoms with E-state index in [1.54, 1.807) is 18.0 Å². The van der Waals surface area contributed by atoms with Gasteiger partial charge in [-0.25, -0.2) is 4.98 Å². The molecule has 0 aliphatic carbocycles. The first-order chi connectivity index (χ1) is 14.6. The van der Waals surface area contributed by atoms with E-state index >= 15 is 0 Å². The molecule has 0 fully saturated rings. The summed E-state index contributed by atoms with van der Waals surface area (Å²) < 4.78 is 7.20. The Labute approximate surface area is 182 Å². The zero-order valence-corrected chi connectivity index (χ0v) is 18.0. The fourth-order valence-corrected chi connectivity index (χ4v) is 4.25. The monoisotopic (exact) mass is 437 g/mol. The van der Waals surface area contributed by atoms with Crippen molar-refractivity contribution in [2.24, 2.45) is 0 Å². The van der Waals surface area contributed by atoms with E-state index in [9.17, 15) is 4.79 Å². The number of aryl methyl sites for hydroxylation is 1. The van der Waals surface area contributed by atoms with E-state index in [-0.39, 0.29) is 11.7 Å². The van der Waals surface area contributed by atoms with Crippen LogP contribution in [0.4, 0.5) is 5.13 Å². The number of para-hydroxylation sites is 2. The third-order valence-corrected chi connectivity index (χ3v) is 5.99. The second-order valence-corrected chi connectivity index (χ2v) is 8.20. The van der Waals surface area contributed by atoms with Gasteiger partial charge in [0, 0.05) is 10.9 Å². The van der Waals surface area contributed by atoms with E-state index in [1.807, 2.05) is 60.8 Å². The van der Waals surface area contributed by atoms with Gasteiger partial charge in [-0.05, 0) is 19.1 Å². The fourth-order valence-electron chi connectivity index (χ4n) is 2.79. The molecule has 0 radical (unpaired) electrons. The van der Waals surface area contributed by atoms with Crippen LogP contribution in [-0.4, -0.2) is 38.5 Å². The normalized spacial score (nSPS) is 10.7. The van der Waals surface area contributed by atoms with E-state index in [4.69, 9.17) is 4.74 Å². The lowest BCUT2D eigenvalue weighted by atomic mass is 10.1. The van der Waals surface area contributed by atoms with Crippen LogP contribution >= 0.6 is 23.1 Å².